The number of benzene rings is 1. The molecule has 0 amide bonds. The molecule has 0 aliphatic heterocycles. The lowest BCUT2D eigenvalue weighted by atomic mass is 10.1. The third-order valence-corrected chi connectivity index (χ3v) is 4.51. The van der Waals surface area contributed by atoms with E-state index >= 15 is 0 Å². The number of aromatic amines is 1. The summed E-state index contributed by atoms with van der Waals surface area (Å²) in [6.45, 7) is 1.80. The summed E-state index contributed by atoms with van der Waals surface area (Å²) in [6, 6.07) is 12.2. The van der Waals surface area contributed by atoms with E-state index in [4.69, 9.17) is 15.2 Å². The number of methoxy groups -OCH3 is 1. The second kappa shape index (κ2) is 8.19. The van der Waals surface area contributed by atoms with E-state index in [1.54, 1.807) is 7.11 Å². The fourth-order valence-electron chi connectivity index (χ4n) is 3.15. The van der Waals surface area contributed by atoms with Gasteiger partial charge in [-0.25, -0.2) is 4.79 Å². The molecule has 1 aromatic carbocycles. The van der Waals surface area contributed by atoms with E-state index in [-0.39, 0.29) is 24.1 Å². The lowest BCUT2D eigenvalue weighted by Gasteiger charge is -2.09. The number of imidazole rings is 1. The van der Waals surface area contributed by atoms with Crippen LogP contribution in [0.1, 0.15) is 11.1 Å². The van der Waals surface area contributed by atoms with Crippen molar-refractivity contribution in [3.8, 4) is 6.01 Å². The SMILES string of the molecule is COCCOc1nc(N)c2[nH]c(=O)n(Cc3cccc(Cn4cccc4)c3)c2n1. The molecule has 4 rings (SSSR count). The number of hydrogen-bond acceptors (Lipinski definition) is 6. The summed E-state index contributed by atoms with van der Waals surface area (Å²) in [5.41, 5.74) is 8.62. The molecule has 3 heterocycles. The molecule has 0 fully saturated rings. The highest BCUT2D eigenvalue weighted by atomic mass is 16.5. The van der Waals surface area contributed by atoms with E-state index in [9.17, 15) is 4.79 Å². The molecule has 0 aliphatic carbocycles. The summed E-state index contributed by atoms with van der Waals surface area (Å²) in [5.74, 6) is 0.166. The highest BCUT2D eigenvalue weighted by Gasteiger charge is 2.15. The van der Waals surface area contributed by atoms with Crippen molar-refractivity contribution in [1.29, 1.82) is 0 Å². The minimum Gasteiger partial charge on any atom is -0.461 e. The molecule has 0 spiro atoms. The Morgan fingerprint density at radius 3 is 2.59 bits per heavy atom. The zero-order valence-electron chi connectivity index (χ0n) is 16.0. The van der Waals surface area contributed by atoms with Gasteiger partial charge in [0, 0.05) is 26.0 Å². The lowest BCUT2D eigenvalue weighted by Crippen LogP contribution is -2.18. The van der Waals surface area contributed by atoms with Crippen LogP contribution in [-0.2, 0) is 17.8 Å². The second-order valence-corrected chi connectivity index (χ2v) is 6.62. The van der Waals surface area contributed by atoms with Gasteiger partial charge in [-0.2, -0.15) is 9.97 Å². The highest BCUT2D eigenvalue weighted by Crippen LogP contribution is 2.19. The van der Waals surface area contributed by atoms with Crippen LogP contribution in [0, 0.1) is 0 Å². The molecule has 150 valence electrons. The summed E-state index contributed by atoms with van der Waals surface area (Å²) in [6.07, 6.45) is 4.03. The molecule has 0 aliphatic rings. The Kier molecular flexibility index (Phi) is 5.30. The van der Waals surface area contributed by atoms with Gasteiger partial charge in [0.15, 0.2) is 11.5 Å². The molecule has 9 nitrogen and oxygen atoms in total. The number of nitrogens with one attached hydrogen (secondary N) is 1. The molecule has 0 saturated heterocycles. The van der Waals surface area contributed by atoms with Crippen LogP contribution in [0.5, 0.6) is 6.01 Å². The van der Waals surface area contributed by atoms with Gasteiger partial charge in [0.1, 0.15) is 12.1 Å². The van der Waals surface area contributed by atoms with Crippen molar-refractivity contribution in [2.45, 2.75) is 13.1 Å². The number of nitrogen functional groups attached to an aromatic ring is 1. The van der Waals surface area contributed by atoms with Crippen LogP contribution in [0.25, 0.3) is 11.2 Å². The quantitative estimate of drug-likeness (QED) is 0.439. The Morgan fingerprint density at radius 2 is 1.83 bits per heavy atom. The van der Waals surface area contributed by atoms with Crippen LogP contribution in [0.3, 0.4) is 0 Å². The first-order valence-corrected chi connectivity index (χ1v) is 9.20. The summed E-state index contributed by atoms with van der Waals surface area (Å²) in [5, 5.41) is 0. The maximum atomic E-state index is 12.5. The van der Waals surface area contributed by atoms with E-state index in [0.717, 1.165) is 17.7 Å². The predicted molar refractivity (Wildman–Crippen MR) is 109 cm³/mol. The van der Waals surface area contributed by atoms with E-state index in [1.807, 2.05) is 36.7 Å². The van der Waals surface area contributed by atoms with Gasteiger partial charge in [0.2, 0.25) is 0 Å². The number of hydrogen-bond donors (Lipinski definition) is 2. The number of aromatic nitrogens is 5. The van der Waals surface area contributed by atoms with Gasteiger partial charge in [0.25, 0.3) is 0 Å². The molecule has 0 radical (unpaired) electrons. The standard InChI is InChI=1S/C20H22N6O3/c1-28-9-10-29-19-23-17(21)16-18(24-19)26(20(27)22-16)13-15-6-4-5-14(11-15)12-25-7-2-3-8-25/h2-8,11H,9-10,12-13H2,1H3,(H,22,27)(H2,21,23,24). The Labute approximate surface area is 166 Å². The Balaban J connectivity index is 1.63. The van der Waals surface area contributed by atoms with E-state index in [0.29, 0.717) is 24.3 Å². The number of anilines is 1. The Morgan fingerprint density at radius 1 is 1.07 bits per heavy atom. The monoisotopic (exact) mass is 394 g/mol. The number of fused-ring (bicyclic) bond motifs is 1. The number of H-pyrrole nitrogens is 1. The van der Waals surface area contributed by atoms with Gasteiger partial charge in [-0.05, 0) is 23.3 Å². The molecule has 29 heavy (non-hydrogen) atoms. The lowest BCUT2D eigenvalue weighted by molar-refractivity contribution is 0.141. The van der Waals surface area contributed by atoms with Crippen molar-refractivity contribution in [2.24, 2.45) is 0 Å². The summed E-state index contributed by atoms with van der Waals surface area (Å²) in [7, 11) is 1.58. The van der Waals surface area contributed by atoms with Crippen molar-refractivity contribution < 1.29 is 9.47 Å². The van der Waals surface area contributed by atoms with Gasteiger partial charge in [0.05, 0.1) is 13.2 Å². The van der Waals surface area contributed by atoms with Gasteiger partial charge < -0.3 is 24.8 Å². The third-order valence-electron chi connectivity index (χ3n) is 4.51. The average molecular weight is 394 g/mol. The minimum atomic E-state index is -0.300. The van der Waals surface area contributed by atoms with Crippen LogP contribution in [0.2, 0.25) is 0 Å². The van der Waals surface area contributed by atoms with Crippen molar-refractivity contribution >= 4 is 17.0 Å². The molecule has 3 N–H and O–H groups in total. The summed E-state index contributed by atoms with van der Waals surface area (Å²) < 4.78 is 14.1. The number of nitrogens with two attached hydrogens (primary N) is 1. The Bertz CT molecular complexity index is 1160. The number of ether oxygens (including phenoxy) is 2. The molecule has 9 heteroatoms. The highest BCUT2D eigenvalue weighted by molar-refractivity contribution is 5.81. The molecular formula is C20H22N6O3. The van der Waals surface area contributed by atoms with E-state index in [2.05, 4.69) is 31.7 Å². The van der Waals surface area contributed by atoms with Gasteiger partial charge in [-0.3, -0.25) is 4.57 Å². The van der Waals surface area contributed by atoms with Crippen molar-refractivity contribution in [3.05, 3.63) is 70.4 Å². The first-order chi connectivity index (χ1) is 14.1. The fraction of sp³-hybridized carbons (Fsp3) is 0.250. The summed E-state index contributed by atoms with van der Waals surface area (Å²) >= 11 is 0. The number of rotatable bonds is 8. The molecule has 0 atom stereocenters. The van der Waals surface area contributed by atoms with Crippen molar-refractivity contribution in [3.63, 3.8) is 0 Å². The Hall–Kier alpha value is -3.59. The third kappa shape index (κ3) is 4.14. The van der Waals surface area contributed by atoms with Crippen molar-refractivity contribution in [2.75, 3.05) is 26.1 Å². The largest absolute Gasteiger partial charge is 0.461 e. The van der Waals surface area contributed by atoms with Crippen LogP contribution in [-0.4, -0.2) is 44.4 Å². The van der Waals surface area contributed by atoms with Gasteiger partial charge >= 0.3 is 11.7 Å². The minimum absolute atomic E-state index is 0.112. The average Bonchev–Trinajstić information content (AvgIpc) is 3.32. The first-order valence-electron chi connectivity index (χ1n) is 9.20. The molecule has 0 saturated carbocycles. The molecule has 0 unspecified atom stereocenters. The first kappa shape index (κ1) is 18.8. The predicted octanol–water partition coefficient (Wildman–Crippen LogP) is 1.63. The molecule has 0 bridgehead atoms. The molecule has 3 aromatic heterocycles. The fourth-order valence-corrected chi connectivity index (χ4v) is 3.15. The molecular weight excluding hydrogens is 372 g/mol. The van der Waals surface area contributed by atoms with Crippen LogP contribution >= 0.6 is 0 Å². The second-order valence-electron chi connectivity index (χ2n) is 6.62. The van der Waals surface area contributed by atoms with Gasteiger partial charge in [-0.1, -0.05) is 24.3 Å². The normalized spacial score (nSPS) is 11.2. The van der Waals surface area contributed by atoms with E-state index < -0.39 is 0 Å². The van der Waals surface area contributed by atoms with Crippen LogP contribution < -0.4 is 16.2 Å². The topological polar surface area (TPSA) is 113 Å². The zero-order chi connectivity index (χ0) is 20.2. The van der Waals surface area contributed by atoms with Crippen LogP contribution in [0.4, 0.5) is 5.82 Å². The number of nitrogens with zero attached hydrogens (tertiary/aromatic N) is 4. The zero-order valence-corrected chi connectivity index (χ0v) is 16.0. The van der Waals surface area contributed by atoms with Crippen molar-refractivity contribution in [1.82, 2.24) is 24.1 Å². The summed E-state index contributed by atoms with van der Waals surface area (Å²) in [4.78, 5) is 23.7. The van der Waals surface area contributed by atoms with Crippen LogP contribution in [0.15, 0.2) is 53.6 Å². The van der Waals surface area contributed by atoms with Gasteiger partial charge in [-0.15, -0.1) is 0 Å². The smallest absolute Gasteiger partial charge is 0.328 e. The maximum Gasteiger partial charge on any atom is 0.328 e. The maximum absolute atomic E-state index is 12.5. The molecule has 4 aromatic rings. The van der Waals surface area contributed by atoms with E-state index in [1.165, 1.54) is 4.57 Å².